The Hall–Kier alpha value is -1.64. The first-order chi connectivity index (χ1) is 9.86. The Kier molecular flexibility index (Phi) is 3.39. The molecule has 1 aliphatic rings. The molecule has 2 aromatic rings. The molecule has 5 nitrogen and oxygen atoms in total. The molecular weight excluding hydrogens is 351 g/mol. The van der Waals surface area contributed by atoms with E-state index in [1.165, 1.54) is 0 Å². The average molecular weight is 362 g/mol. The molecule has 0 saturated carbocycles. The van der Waals surface area contributed by atoms with Crippen LogP contribution in [0.15, 0.2) is 16.7 Å². The number of nitrogens with zero attached hydrogens (tertiary/aromatic N) is 5. The molecule has 0 saturated heterocycles. The lowest BCUT2D eigenvalue weighted by Gasteiger charge is -2.29. The van der Waals surface area contributed by atoms with E-state index in [1.54, 1.807) is 6.20 Å². The van der Waals surface area contributed by atoms with Gasteiger partial charge in [0.15, 0.2) is 5.82 Å². The van der Waals surface area contributed by atoms with Crippen molar-refractivity contribution in [2.75, 3.05) is 11.4 Å². The van der Waals surface area contributed by atoms with Crippen LogP contribution < -0.4 is 4.90 Å². The van der Waals surface area contributed by atoms with Crippen molar-refractivity contribution in [3.63, 3.8) is 0 Å². The van der Waals surface area contributed by atoms with Gasteiger partial charge >= 0.3 is 6.18 Å². The Morgan fingerprint density at radius 2 is 2.00 bits per heavy atom. The molecule has 0 aromatic carbocycles. The SMILES string of the molecule is Cc1cc(N2CCn3c(nnc3C(F)(F)F)C2)ncc1Br. The minimum absolute atomic E-state index is 0.188. The van der Waals surface area contributed by atoms with Crippen LogP contribution in [0.25, 0.3) is 0 Å². The van der Waals surface area contributed by atoms with Gasteiger partial charge in [-0.25, -0.2) is 4.98 Å². The number of hydrogen-bond donors (Lipinski definition) is 0. The van der Waals surface area contributed by atoms with E-state index >= 15 is 0 Å². The summed E-state index contributed by atoms with van der Waals surface area (Å²) in [5, 5.41) is 6.92. The summed E-state index contributed by atoms with van der Waals surface area (Å²) in [4.78, 5) is 6.18. The number of aryl methyl sites for hydroxylation is 1. The number of rotatable bonds is 1. The zero-order valence-electron chi connectivity index (χ0n) is 11.0. The first kappa shape index (κ1) is 14.3. The topological polar surface area (TPSA) is 46.8 Å². The van der Waals surface area contributed by atoms with Gasteiger partial charge in [0.1, 0.15) is 5.82 Å². The summed E-state index contributed by atoms with van der Waals surface area (Å²) >= 11 is 3.37. The van der Waals surface area contributed by atoms with Gasteiger partial charge in [-0.1, -0.05) is 0 Å². The maximum absolute atomic E-state index is 12.8. The normalized spacial score (nSPS) is 15.2. The Bertz CT molecular complexity index is 682. The Morgan fingerprint density at radius 3 is 2.67 bits per heavy atom. The summed E-state index contributed by atoms with van der Waals surface area (Å²) in [6.07, 6.45) is -2.79. The maximum Gasteiger partial charge on any atom is 0.451 e. The predicted molar refractivity (Wildman–Crippen MR) is 72.7 cm³/mol. The van der Waals surface area contributed by atoms with Crippen molar-refractivity contribution < 1.29 is 13.2 Å². The Morgan fingerprint density at radius 1 is 1.24 bits per heavy atom. The Labute approximate surface area is 126 Å². The molecule has 3 heterocycles. The fourth-order valence-electron chi connectivity index (χ4n) is 2.26. The van der Waals surface area contributed by atoms with Crippen molar-refractivity contribution in [3.8, 4) is 0 Å². The van der Waals surface area contributed by atoms with Gasteiger partial charge in [-0.05, 0) is 34.5 Å². The molecule has 0 spiro atoms. The van der Waals surface area contributed by atoms with Gasteiger partial charge < -0.3 is 9.47 Å². The third-order valence-corrected chi connectivity index (χ3v) is 4.19. The van der Waals surface area contributed by atoms with Crippen LogP contribution in [0.4, 0.5) is 19.0 Å². The van der Waals surface area contributed by atoms with Gasteiger partial charge in [0, 0.05) is 23.8 Å². The van der Waals surface area contributed by atoms with Crippen molar-refractivity contribution in [3.05, 3.63) is 33.9 Å². The molecule has 0 atom stereocenters. The minimum Gasteiger partial charge on any atom is -0.347 e. The summed E-state index contributed by atoms with van der Waals surface area (Å²) < 4.78 is 40.3. The molecule has 0 N–H and O–H groups in total. The highest BCUT2D eigenvalue weighted by atomic mass is 79.9. The van der Waals surface area contributed by atoms with Crippen LogP contribution in [-0.4, -0.2) is 26.3 Å². The number of halogens is 4. The summed E-state index contributed by atoms with van der Waals surface area (Å²) in [5.41, 5.74) is 1.02. The fraction of sp³-hybridized carbons (Fsp3) is 0.417. The predicted octanol–water partition coefficient (Wildman–Crippen LogP) is 2.78. The highest BCUT2D eigenvalue weighted by molar-refractivity contribution is 9.10. The van der Waals surface area contributed by atoms with Crippen LogP contribution >= 0.6 is 15.9 Å². The van der Waals surface area contributed by atoms with Gasteiger partial charge in [0.2, 0.25) is 5.82 Å². The van der Waals surface area contributed by atoms with Crippen LogP contribution in [0.2, 0.25) is 0 Å². The zero-order chi connectivity index (χ0) is 15.2. The molecule has 0 unspecified atom stereocenters. The van der Waals surface area contributed by atoms with Crippen molar-refractivity contribution in [2.24, 2.45) is 0 Å². The van der Waals surface area contributed by atoms with E-state index in [0.717, 1.165) is 20.4 Å². The first-order valence-electron chi connectivity index (χ1n) is 6.22. The van der Waals surface area contributed by atoms with E-state index in [1.807, 2.05) is 17.9 Å². The van der Waals surface area contributed by atoms with E-state index in [-0.39, 0.29) is 13.1 Å². The summed E-state index contributed by atoms with van der Waals surface area (Å²) in [6.45, 7) is 2.82. The van der Waals surface area contributed by atoms with Gasteiger partial charge in [0.25, 0.3) is 0 Å². The lowest BCUT2D eigenvalue weighted by atomic mass is 10.2. The highest BCUT2D eigenvalue weighted by Crippen LogP contribution is 2.30. The van der Waals surface area contributed by atoms with Crippen LogP contribution in [0.3, 0.4) is 0 Å². The van der Waals surface area contributed by atoms with Gasteiger partial charge in [-0.15, -0.1) is 10.2 Å². The molecule has 2 aromatic heterocycles. The summed E-state index contributed by atoms with van der Waals surface area (Å²) in [5.74, 6) is 0.0894. The fourth-order valence-corrected chi connectivity index (χ4v) is 2.48. The smallest absolute Gasteiger partial charge is 0.347 e. The molecule has 0 bridgehead atoms. The number of fused-ring (bicyclic) bond motifs is 1. The monoisotopic (exact) mass is 361 g/mol. The molecule has 9 heteroatoms. The lowest BCUT2D eigenvalue weighted by molar-refractivity contribution is -0.147. The third-order valence-electron chi connectivity index (χ3n) is 3.36. The second-order valence-corrected chi connectivity index (χ2v) is 5.66. The second-order valence-electron chi connectivity index (χ2n) is 4.80. The molecule has 0 radical (unpaired) electrons. The van der Waals surface area contributed by atoms with Crippen molar-refractivity contribution in [1.29, 1.82) is 0 Å². The van der Waals surface area contributed by atoms with Gasteiger partial charge in [0.05, 0.1) is 6.54 Å². The van der Waals surface area contributed by atoms with Crippen LogP contribution in [-0.2, 0) is 19.3 Å². The molecule has 1 aliphatic heterocycles. The molecule has 0 aliphatic carbocycles. The molecule has 0 amide bonds. The highest BCUT2D eigenvalue weighted by Gasteiger charge is 2.39. The first-order valence-corrected chi connectivity index (χ1v) is 7.02. The van der Waals surface area contributed by atoms with Crippen molar-refractivity contribution >= 4 is 21.7 Å². The Balaban J connectivity index is 1.88. The number of hydrogen-bond acceptors (Lipinski definition) is 4. The second kappa shape index (κ2) is 4.97. The van der Waals surface area contributed by atoms with E-state index < -0.39 is 12.0 Å². The van der Waals surface area contributed by atoms with E-state index in [4.69, 9.17) is 0 Å². The van der Waals surface area contributed by atoms with Crippen LogP contribution in [0.5, 0.6) is 0 Å². The minimum atomic E-state index is -4.47. The quantitative estimate of drug-likeness (QED) is 0.783. The summed E-state index contributed by atoms with van der Waals surface area (Å²) in [7, 11) is 0. The van der Waals surface area contributed by atoms with Gasteiger partial charge in [-0.2, -0.15) is 13.2 Å². The largest absolute Gasteiger partial charge is 0.451 e. The van der Waals surface area contributed by atoms with E-state index in [2.05, 4.69) is 31.1 Å². The lowest BCUT2D eigenvalue weighted by Crippen LogP contribution is -2.35. The van der Waals surface area contributed by atoms with Crippen LogP contribution in [0, 0.1) is 6.92 Å². The number of pyridine rings is 1. The molecule has 112 valence electrons. The standard InChI is InChI=1S/C12H11BrF3N5/c1-7-4-9(17-5-8(7)13)20-2-3-21-10(6-20)18-19-11(21)12(14,15)16/h4-5H,2-3,6H2,1H3. The van der Waals surface area contributed by atoms with Crippen LogP contribution in [0.1, 0.15) is 17.2 Å². The molecular formula is C12H11BrF3N5. The zero-order valence-corrected chi connectivity index (χ0v) is 12.6. The molecule has 21 heavy (non-hydrogen) atoms. The van der Waals surface area contributed by atoms with E-state index in [9.17, 15) is 13.2 Å². The third kappa shape index (κ3) is 2.61. The van der Waals surface area contributed by atoms with Crippen molar-refractivity contribution in [2.45, 2.75) is 26.2 Å². The maximum atomic E-state index is 12.8. The number of anilines is 1. The van der Waals surface area contributed by atoms with E-state index in [0.29, 0.717) is 12.4 Å². The average Bonchev–Trinajstić information content (AvgIpc) is 2.84. The molecule has 0 fully saturated rings. The van der Waals surface area contributed by atoms with Crippen molar-refractivity contribution in [1.82, 2.24) is 19.7 Å². The number of alkyl halides is 3. The molecule has 3 rings (SSSR count). The van der Waals surface area contributed by atoms with Gasteiger partial charge in [-0.3, -0.25) is 0 Å². The summed E-state index contributed by atoms with van der Waals surface area (Å²) in [6, 6.07) is 1.89. The number of aromatic nitrogens is 4.